The average Bonchev–Trinajstić information content (AvgIpc) is 3.21. The molecule has 1 aromatic heterocycles. The van der Waals surface area contributed by atoms with Crippen LogP contribution in [-0.2, 0) is 4.79 Å². The Morgan fingerprint density at radius 1 is 1.45 bits per heavy atom. The number of carbonyl (C=O) groups excluding carboxylic acids is 1. The second kappa shape index (κ2) is 5.11. The molecule has 1 saturated heterocycles. The van der Waals surface area contributed by atoms with E-state index in [9.17, 15) is 9.59 Å². The highest BCUT2D eigenvalue weighted by Crippen LogP contribution is 2.32. The van der Waals surface area contributed by atoms with E-state index < -0.39 is 5.97 Å². The van der Waals surface area contributed by atoms with Gasteiger partial charge in [0.05, 0.1) is 0 Å². The zero-order valence-electron chi connectivity index (χ0n) is 11.1. The zero-order chi connectivity index (χ0) is 14.1. The number of carbonyl (C=O) groups is 2. The lowest BCUT2D eigenvalue weighted by Gasteiger charge is -2.15. The summed E-state index contributed by atoms with van der Waals surface area (Å²) in [7, 11) is 0. The first-order valence-electron chi connectivity index (χ1n) is 6.87. The second-order valence-corrected chi connectivity index (χ2v) is 5.44. The molecule has 1 saturated carbocycles. The van der Waals surface area contributed by atoms with E-state index in [1.165, 1.54) is 6.07 Å². The monoisotopic (exact) mass is 275 g/mol. The van der Waals surface area contributed by atoms with Crippen LogP contribution >= 0.6 is 0 Å². The van der Waals surface area contributed by atoms with Gasteiger partial charge in [-0.1, -0.05) is 6.07 Å². The molecule has 1 aliphatic carbocycles. The van der Waals surface area contributed by atoms with Crippen LogP contribution < -0.4 is 5.32 Å². The minimum atomic E-state index is -1.04. The fraction of sp³-hybridized carbons (Fsp3) is 0.500. The molecule has 0 bridgehead atoms. The fourth-order valence-electron chi connectivity index (χ4n) is 2.59. The lowest BCUT2D eigenvalue weighted by molar-refractivity contribution is -0.128. The summed E-state index contributed by atoms with van der Waals surface area (Å²) in [5.41, 5.74) is 0.0251. The van der Waals surface area contributed by atoms with E-state index in [2.05, 4.69) is 10.3 Å². The Morgan fingerprint density at radius 2 is 2.25 bits per heavy atom. The van der Waals surface area contributed by atoms with Crippen LogP contribution in [0.15, 0.2) is 18.2 Å². The topological polar surface area (TPSA) is 82.5 Å². The minimum Gasteiger partial charge on any atom is -0.477 e. The smallest absolute Gasteiger partial charge is 0.354 e. The molecule has 6 heteroatoms. The van der Waals surface area contributed by atoms with Crippen molar-refractivity contribution >= 4 is 17.7 Å². The highest BCUT2D eigenvalue weighted by molar-refractivity contribution is 5.85. The van der Waals surface area contributed by atoms with Gasteiger partial charge < -0.3 is 15.3 Å². The number of hydrogen-bond acceptors (Lipinski definition) is 4. The summed E-state index contributed by atoms with van der Waals surface area (Å²) in [4.78, 5) is 28.7. The highest BCUT2D eigenvalue weighted by atomic mass is 16.4. The predicted molar refractivity (Wildman–Crippen MR) is 72.5 cm³/mol. The van der Waals surface area contributed by atoms with Gasteiger partial charge in [0.2, 0.25) is 5.91 Å². The summed E-state index contributed by atoms with van der Waals surface area (Å²) in [5, 5.41) is 12.0. The maximum atomic E-state index is 11.8. The summed E-state index contributed by atoms with van der Waals surface area (Å²) >= 11 is 0. The Labute approximate surface area is 116 Å². The van der Waals surface area contributed by atoms with Crippen molar-refractivity contribution in [2.75, 3.05) is 18.4 Å². The lowest BCUT2D eigenvalue weighted by Crippen LogP contribution is -2.28. The van der Waals surface area contributed by atoms with Crippen molar-refractivity contribution < 1.29 is 14.7 Å². The molecule has 1 aliphatic heterocycles. The summed E-state index contributed by atoms with van der Waals surface area (Å²) < 4.78 is 0. The van der Waals surface area contributed by atoms with Gasteiger partial charge in [-0.2, -0.15) is 0 Å². The first-order chi connectivity index (χ1) is 9.63. The maximum absolute atomic E-state index is 11.8. The van der Waals surface area contributed by atoms with E-state index >= 15 is 0 Å². The van der Waals surface area contributed by atoms with Gasteiger partial charge >= 0.3 is 5.97 Å². The number of nitrogens with zero attached hydrogens (tertiary/aromatic N) is 2. The number of carboxylic acid groups (broad SMARTS) is 1. The Bertz CT molecular complexity index is 542. The SMILES string of the molecule is O=C(O)c1cccc(NCC2CC(=O)N(C3CC3)C2)n1. The van der Waals surface area contributed by atoms with Crippen LogP contribution in [0.1, 0.15) is 29.8 Å². The van der Waals surface area contributed by atoms with Gasteiger partial charge in [-0.15, -0.1) is 0 Å². The van der Waals surface area contributed by atoms with Gasteiger partial charge in [0, 0.05) is 31.5 Å². The van der Waals surface area contributed by atoms with E-state index in [0.717, 1.165) is 19.4 Å². The number of aromatic nitrogens is 1. The molecule has 106 valence electrons. The molecular formula is C14H17N3O3. The quantitative estimate of drug-likeness (QED) is 0.843. The molecule has 1 unspecified atom stereocenters. The third-order valence-corrected chi connectivity index (χ3v) is 3.77. The van der Waals surface area contributed by atoms with Crippen molar-refractivity contribution in [1.29, 1.82) is 0 Å². The molecule has 2 N–H and O–H groups in total. The Morgan fingerprint density at radius 3 is 2.95 bits per heavy atom. The number of pyridine rings is 1. The molecule has 1 atom stereocenters. The van der Waals surface area contributed by atoms with Crippen molar-refractivity contribution in [2.45, 2.75) is 25.3 Å². The van der Waals surface area contributed by atoms with E-state index in [-0.39, 0.29) is 17.5 Å². The van der Waals surface area contributed by atoms with Gasteiger partial charge in [-0.3, -0.25) is 4.79 Å². The van der Waals surface area contributed by atoms with Crippen molar-refractivity contribution in [3.63, 3.8) is 0 Å². The summed E-state index contributed by atoms with van der Waals surface area (Å²) in [6.07, 6.45) is 2.84. The molecule has 1 aromatic rings. The standard InChI is InChI=1S/C14H17N3O3/c18-13-6-9(8-17(13)10-4-5-10)7-15-12-3-1-2-11(16-12)14(19)20/h1-3,9-10H,4-8H2,(H,15,16)(H,19,20). The number of anilines is 1. The van der Waals surface area contributed by atoms with E-state index in [1.807, 2.05) is 4.90 Å². The van der Waals surface area contributed by atoms with E-state index in [0.29, 0.717) is 24.8 Å². The van der Waals surface area contributed by atoms with E-state index in [4.69, 9.17) is 5.11 Å². The van der Waals surface area contributed by atoms with Crippen LogP contribution in [0.25, 0.3) is 0 Å². The highest BCUT2D eigenvalue weighted by Gasteiger charge is 2.39. The molecule has 6 nitrogen and oxygen atoms in total. The fourth-order valence-corrected chi connectivity index (χ4v) is 2.59. The van der Waals surface area contributed by atoms with Crippen LogP contribution in [0.5, 0.6) is 0 Å². The maximum Gasteiger partial charge on any atom is 0.354 e. The molecule has 1 amide bonds. The third kappa shape index (κ3) is 2.74. The van der Waals surface area contributed by atoms with Crippen LogP contribution in [-0.4, -0.2) is 46.0 Å². The lowest BCUT2D eigenvalue weighted by atomic mass is 10.1. The molecule has 3 rings (SSSR count). The van der Waals surface area contributed by atoms with Crippen molar-refractivity contribution in [2.24, 2.45) is 5.92 Å². The molecule has 0 spiro atoms. The summed E-state index contributed by atoms with van der Waals surface area (Å²) in [6.45, 7) is 1.44. The number of likely N-dealkylation sites (tertiary alicyclic amines) is 1. The normalized spacial score (nSPS) is 22.1. The van der Waals surface area contributed by atoms with Crippen LogP contribution in [0.4, 0.5) is 5.82 Å². The predicted octanol–water partition coefficient (Wildman–Crippen LogP) is 1.20. The number of aromatic carboxylic acids is 1. The van der Waals surface area contributed by atoms with Crippen molar-refractivity contribution in [1.82, 2.24) is 9.88 Å². The zero-order valence-corrected chi connectivity index (χ0v) is 11.1. The Balaban J connectivity index is 1.56. The first-order valence-corrected chi connectivity index (χ1v) is 6.87. The van der Waals surface area contributed by atoms with Crippen LogP contribution in [0, 0.1) is 5.92 Å². The largest absolute Gasteiger partial charge is 0.477 e. The third-order valence-electron chi connectivity index (χ3n) is 3.77. The van der Waals surface area contributed by atoms with Crippen molar-refractivity contribution in [3.05, 3.63) is 23.9 Å². The molecule has 0 aromatic carbocycles. The minimum absolute atomic E-state index is 0.0251. The molecule has 20 heavy (non-hydrogen) atoms. The van der Waals surface area contributed by atoms with E-state index in [1.54, 1.807) is 12.1 Å². The number of carboxylic acids is 1. The number of hydrogen-bond donors (Lipinski definition) is 2. The molecule has 2 aliphatic rings. The summed E-state index contributed by atoms with van der Waals surface area (Å²) in [6, 6.07) is 5.33. The number of nitrogens with one attached hydrogen (secondary N) is 1. The van der Waals surface area contributed by atoms with Gasteiger partial charge in [0.25, 0.3) is 0 Å². The molecule has 0 radical (unpaired) electrons. The summed E-state index contributed by atoms with van der Waals surface area (Å²) in [5.74, 6) is 0.0248. The van der Waals surface area contributed by atoms with Crippen molar-refractivity contribution in [3.8, 4) is 0 Å². The average molecular weight is 275 g/mol. The van der Waals surface area contributed by atoms with Gasteiger partial charge in [0.1, 0.15) is 5.82 Å². The number of rotatable bonds is 5. The Kier molecular flexibility index (Phi) is 3.30. The van der Waals surface area contributed by atoms with Gasteiger partial charge in [-0.25, -0.2) is 9.78 Å². The van der Waals surface area contributed by atoms with Gasteiger partial charge in [-0.05, 0) is 25.0 Å². The molecule has 2 fully saturated rings. The second-order valence-electron chi connectivity index (χ2n) is 5.44. The first kappa shape index (κ1) is 12.9. The van der Waals surface area contributed by atoms with Crippen LogP contribution in [0.3, 0.4) is 0 Å². The molecule has 2 heterocycles. The Hall–Kier alpha value is -2.11. The number of amides is 1. The van der Waals surface area contributed by atoms with Crippen LogP contribution in [0.2, 0.25) is 0 Å². The van der Waals surface area contributed by atoms with Gasteiger partial charge in [0.15, 0.2) is 5.69 Å². The molecular weight excluding hydrogens is 258 g/mol.